The van der Waals surface area contributed by atoms with Crippen LogP contribution < -0.4 is 4.74 Å². The van der Waals surface area contributed by atoms with E-state index in [0.29, 0.717) is 0 Å². The number of ketones is 1. The molecule has 0 aliphatic carbocycles. The molecule has 0 radical (unpaired) electrons. The van der Waals surface area contributed by atoms with Crippen LogP contribution in [0, 0.1) is 0 Å². The van der Waals surface area contributed by atoms with Gasteiger partial charge in [0, 0.05) is 11.8 Å². The van der Waals surface area contributed by atoms with Crippen molar-refractivity contribution in [1.82, 2.24) is 4.98 Å². The summed E-state index contributed by atoms with van der Waals surface area (Å²) in [7, 11) is 0. The van der Waals surface area contributed by atoms with Gasteiger partial charge >= 0.3 is 12.8 Å². The summed E-state index contributed by atoms with van der Waals surface area (Å²) in [5, 5.41) is 0. The van der Waals surface area contributed by atoms with Crippen molar-refractivity contribution in [2.24, 2.45) is 0 Å². The molecule has 0 aliphatic rings. The fourth-order valence-corrected chi connectivity index (χ4v) is 1.77. The molecule has 8 heteroatoms. The van der Waals surface area contributed by atoms with Crippen LogP contribution in [0.4, 0.5) is 22.0 Å². The molecule has 1 aromatic heterocycles. The molecular weight excluding hydrogens is 333 g/mol. The van der Waals surface area contributed by atoms with Gasteiger partial charge < -0.3 is 4.74 Å². The van der Waals surface area contributed by atoms with Gasteiger partial charge in [-0.3, -0.25) is 9.78 Å². The number of benzene rings is 1. The average molecular weight is 343 g/mol. The van der Waals surface area contributed by atoms with Gasteiger partial charge in [-0.2, -0.15) is 22.0 Å². The Morgan fingerprint density at radius 1 is 1.17 bits per heavy atom. The molecule has 0 amide bonds. The smallest absolute Gasteiger partial charge is 0.433 e. The molecule has 0 saturated heterocycles. The fourth-order valence-electron chi connectivity index (χ4n) is 1.77. The third kappa shape index (κ3) is 4.87. The molecule has 2 rings (SSSR count). The van der Waals surface area contributed by atoms with E-state index in [-0.39, 0.29) is 16.9 Å². The van der Waals surface area contributed by atoms with Crippen LogP contribution in [0.25, 0.3) is 6.08 Å². The largest absolute Gasteiger partial charge is 0.435 e. The number of pyridine rings is 1. The van der Waals surface area contributed by atoms with Crippen LogP contribution in [0.1, 0.15) is 21.6 Å². The normalized spacial score (nSPS) is 11.9. The third-order valence-corrected chi connectivity index (χ3v) is 2.85. The zero-order valence-corrected chi connectivity index (χ0v) is 11.9. The van der Waals surface area contributed by atoms with Gasteiger partial charge in [0.1, 0.15) is 11.4 Å². The molecule has 0 spiro atoms. The zero-order valence-electron chi connectivity index (χ0n) is 11.9. The van der Waals surface area contributed by atoms with Crippen LogP contribution in [0.5, 0.6) is 5.75 Å². The summed E-state index contributed by atoms with van der Waals surface area (Å²) in [6.07, 6.45) is -1.19. The molecule has 1 aromatic carbocycles. The molecule has 3 nitrogen and oxygen atoms in total. The molecular formula is C16H10F5NO2. The second-order valence-electron chi connectivity index (χ2n) is 4.58. The van der Waals surface area contributed by atoms with Gasteiger partial charge in [-0.1, -0.05) is 18.2 Å². The minimum absolute atomic E-state index is 0.101. The summed E-state index contributed by atoms with van der Waals surface area (Å²) in [5.74, 6) is -0.685. The molecule has 24 heavy (non-hydrogen) atoms. The Morgan fingerprint density at radius 2 is 1.92 bits per heavy atom. The van der Waals surface area contributed by atoms with Gasteiger partial charge in [-0.15, -0.1) is 0 Å². The zero-order chi connectivity index (χ0) is 17.7. The Morgan fingerprint density at radius 3 is 2.50 bits per heavy atom. The van der Waals surface area contributed by atoms with Crippen molar-refractivity contribution in [1.29, 1.82) is 0 Å². The number of halogens is 5. The fraction of sp³-hybridized carbons (Fsp3) is 0.125. The predicted molar refractivity (Wildman–Crippen MR) is 75.7 cm³/mol. The van der Waals surface area contributed by atoms with E-state index < -0.39 is 24.3 Å². The lowest BCUT2D eigenvalue weighted by atomic mass is 10.1. The predicted octanol–water partition coefficient (Wildman–Crippen LogP) is 4.60. The van der Waals surface area contributed by atoms with Crippen LogP contribution in [-0.2, 0) is 6.18 Å². The summed E-state index contributed by atoms with van der Waals surface area (Å²) in [4.78, 5) is 15.2. The number of carbonyl (C=O) groups excluding carboxylic acids is 1. The SMILES string of the molecule is O=C(C=Cc1ccc(C(F)(F)F)nc1)c1cccc(OC(F)F)c1. The lowest BCUT2D eigenvalue weighted by molar-refractivity contribution is -0.141. The van der Waals surface area contributed by atoms with E-state index in [9.17, 15) is 26.7 Å². The maximum absolute atomic E-state index is 12.4. The molecule has 0 N–H and O–H groups in total. The third-order valence-electron chi connectivity index (χ3n) is 2.85. The van der Waals surface area contributed by atoms with E-state index in [1.54, 1.807) is 0 Å². The lowest BCUT2D eigenvalue weighted by Gasteiger charge is -2.05. The minimum Gasteiger partial charge on any atom is -0.435 e. The highest BCUT2D eigenvalue weighted by Gasteiger charge is 2.31. The van der Waals surface area contributed by atoms with E-state index in [4.69, 9.17) is 0 Å². The number of hydrogen-bond donors (Lipinski definition) is 0. The summed E-state index contributed by atoms with van der Waals surface area (Å²) in [6, 6.07) is 7.14. The number of alkyl halides is 5. The van der Waals surface area contributed by atoms with Crippen molar-refractivity contribution in [3.8, 4) is 5.75 Å². The number of allylic oxidation sites excluding steroid dienone is 1. The van der Waals surface area contributed by atoms with E-state index in [0.717, 1.165) is 30.5 Å². The highest BCUT2D eigenvalue weighted by Crippen LogP contribution is 2.27. The number of ether oxygens (including phenoxy) is 1. The Hall–Kier alpha value is -2.77. The molecule has 2 aromatic rings. The van der Waals surface area contributed by atoms with E-state index >= 15 is 0 Å². The van der Waals surface area contributed by atoms with Crippen molar-refractivity contribution < 1.29 is 31.5 Å². The van der Waals surface area contributed by atoms with Crippen LogP contribution in [0.3, 0.4) is 0 Å². The first-order valence-electron chi connectivity index (χ1n) is 6.56. The quantitative estimate of drug-likeness (QED) is 0.453. The summed E-state index contributed by atoms with van der Waals surface area (Å²) in [5.41, 5.74) is -0.650. The van der Waals surface area contributed by atoms with E-state index in [2.05, 4.69) is 9.72 Å². The van der Waals surface area contributed by atoms with Crippen LogP contribution in [0.2, 0.25) is 0 Å². The monoisotopic (exact) mass is 343 g/mol. The minimum atomic E-state index is -4.54. The lowest BCUT2D eigenvalue weighted by Crippen LogP contribution is -2.07. The second-order valence-corrected chi connectivity index (χ2v) is 4.58. The second kappa shape index (κ2) is 7.20. The van der Waals surface area contributed by atoms with Crippen molar-refractivity contribution in [3.05, 3.63) is 65.5 Å². The molecule has 0 saturated carbocycles. The van der Waals surface area contributed by atoms with Crippen molar-refractivity contribution >= 4 is 11.9 Å². The first kappa shape index (κ1) is 17.6. The Kier molecular flexibility index (Phi) is 5.28. The molecule has 0 unspecified atom stereocenters. The Balaban J connectivity index is 2.10. The Labute approximate surface area is 133 Å². The van der Waals surface area contributed by atoms with Gasteiger partial charge in [-0.25, -0.2) is 0 Å². The molecule has 1 heterocycles. The average Bonchev–Trinajstić information content (AvgIpc) is 2.52. The molecule has 126 valence electrons. The van der Waals surface area contributed by atoms with Crippen LogP contribution in [0.15, 0.2) is 48.7 Å². The van der Waals surface area contributed by atoms with Crippen molar-refractivity contribution in [2.45, 2.75) is 12.8 Å². The number of hydrogen-bond acceptors (Lipinski definition) is 3. The molecule has 0 fully saturated rings. The number of carbonyl (C=O) groups is 1. The van der Waals surface area contributed by atoms with Crippen LogP contribution >= 0.6 is 0 Å². The maximum Gasteiger partial charge on any atom is 0.433 e. The first-order valence-corrected chi connectivity index (χ1v) is 6.56. The van der Waals surface area contributed by atoms with Gasteiger partial charge in [-0.05, 0) is 35.9 Å². The van der Waals surface area contributed by atoms with Crippen molar-refractivity contribution in [2.75, 3.05) is 0 Å². The highest BCUT2D eigenvalue weighted by molar-refractivity contribution is 6.07. The van der Waals surface area contributed by atoms with Gasteiger partial charge in [0.15, 0.2) is 5.78 Å². The summed E-state index contributed by atoms with van der Waals surface area (Å²) in [6.45, 7) is -3.01. The van der Waals surface area contributed by atoms with E-state index in [1.165, 1.54) is 24.3 Å². The molecule has 0 aliphatic heterocycles. The Bertz CT molecular complexity index is 739. The standard InChI is InChI=1S/C16H10F5NO2/c17-15(18)24-12-3-1-2-11(8-12)13(23)6-4-10-5-7-14(22-9-10)16(19,20)21/h1-9,15H. The highest BCUT2D eigenvalue weighted by atomic mass is 19.4. The molecule has 0 atom stereocenters. The van der Waals surface area contributed by atoms with E-state index in [1.807, 2.05) is 0 Å². The topological polar surface area (TPSA) is 39.2 Å². The van der Waals surface area contributed by atoms with Gasteiger partial charge in [0.05, 0.1) is 0 Å². The first-order chi connectivity index (χ1) is 11.3. The number of rotatable bonds is 5. The molecule has 0 bridgehead atoms. The summed E-state index contributed by atoms with van der Waals surface area (Å²) < 4.78 is 65.6. The van der Waals surface area contributed by atoms with Crippen LogP contribution in [-0.4, -0.2) is 17.4 Å². The summed E-state index contributed by atoms with van der Waals surface area (Å²) >= 11 is 0. The number of nitrogens with zero attached hydrogens (tertiary/aromatic N) is 1. The van der Waals surface area contributed by atoms with Crippen molar-refractivity contribution in [3.63, 3.8) is 0 Å². The van der Waals surface area contributed by atoms with Gasteiger partial charge in [0.2, 0.25) is 0 Å². The maximum atomic E-state index is 12.4. The number of aromatic nitrogens is 1. The van der Waals surface area contributed by atoms with Gasteiger partial charge in [0.25, 0.3) is 0 Å².